The Morgan fingerprint density at radius 3 is 1.48 bits per heavy atom. The smallest absolute Gasteiger partial charge is 0.306 e. The van der Waals surface area contributed by atoms with Gasteiger partial charge in [-0.15, -0.1) is 4.99 Å². The summed E-state index contributed by atoms with van der Waals surface area (Å²) in [5.41, 5.74) is 4.81. The van der Waals surface area contributed by atoms with Crippen LogP contribution in [0.25, 0.3) is 0 Å². The number of guanidine groups is 1. The van der Waals surface area contributed by atoms with Crippen molar-refractivity contribution in [3.63, 3.8) is 0 Å². The van der Waals surface area contributed by atoms with Gasteiger partial charge in [0.1, 0.15) is 6.10 Å². The van der Waals surface area contributed by atoms with Crippen molar-refractivity contribution in [2.75, 3.05) is 39.8 Å². The molecule has 0 spiro atoms. The number of aliphatic imine (C=N–C) groups is 1. The molecule has 0 rings (SSSR count). The van der Waals surface area contributed by atoms with Gasteiger partial charge in [-0.25, -0.2) is 5.26 Å². The van der Waals surface area contributed by atoms with Gasteiger partial charge < -0.3 is 19.7 Å². The number of ether oxygens (including phenoxy) is 2. The first kappa shape index (κ1) is 56.0. The molecule has 0 aromatic carbocycles. The van der Waals surface area contributed by atoms with Gasteiger partial charge in [0.25, 0.3) is 0 Å². The quantitative estimate of drug-likeness (QED) is 0.0117. The van der Waals surface area contributed by atoms with E-state index in [0.29, 0.717) is 25.4 Å². The number of nitrogens with zero attached hydrogens (tertiary/aromatic N) is 2. The first-order valence-electron chi connectivity index (χ1n) is 24.6. The number of hydrogen-bond acceptors (Lipinski definition) is 9. The van der Waals surface area contributed by atoms with E-state index in [9.17, 15) is 9.59 Å². The summed E-state index contributed by atoms with van der Waals surface area (Å²) in [5, 5.41) is 11.7. The lowest BCUT2D eigenvalue weighted by Gasteiger charge is -2.23. The molecule has 0 atom stereocenters. The highest BCUT2D eigenvalue weighted by molar-refractivity contribution is 5.78. The summed E-state index contributed by atoms with van der Waals surface area (Å²) in [6.07, 6.45) is 39.0. The molecule has 0 saturated heterocycles. The molecule has 0 aromatic rings. The van der Waals surface area contributed by atoms with Gasteiger partial charge >= 0.3 is 11.9 Å². The fourth-order valence-electron chi connectivity index (χ4n) is 7.49. The molecular weight excluding hydrogens is 731 g/mol. The van der Waals surface area contributed by atoms with E-state index in [-0.39, 0.29) is 18.0 Å². The SMILES string of the molecule is CCCCCCCCCOC(=O)CCCCCCCN(CCCCCCCC(=O)OC(CCCCCCCC)CCCCCCCC)CCCNC(=NC)NNOO. The Morgan fingerprint density at radius 1 is 0.552 bits per heavy atom. The lowest BCUT2D eigenvalue weighted by Crippen LogP contribution is -2.45. The summed E-state index contributed by atoms with van der Waals surface area (Å²) in [6.45, 7) is 11.2. The van der Waals surface area contributed by atoms with Crippen molar-refractivity contribution in [1.29, 1.82) is 0 Å². The highest BCUT2D eigenvalue weighted by atomic mass is 17.2. The molecule has 0 bridgehead atoms. The Kier molecular flexibility index (Phi) is 44.6. The lowest BCUT2D eigenvalue weighted by atomic mass is 10.0. The van der Waals surface area contributed by atoms with E-state index in [1.807, 2.05) is 0 Å². The number of carbonyl (C=O) groups excluding carboxylic acids is 2. The second-order valence-electron chi connectivity index (χ2n) is 16.6. The monoisotopic (exact) mass is 826 g/mol. The van der Waals surface area contributed by atoms with Crippen molar-refractivity contribution >= 4 is 17.9 Å². The van der Waals surface area contributed by atoms with Crippen LogP contribution in [0.3, 0.4) is 0 Å². The third kappa shape index (κ3) is 40.8. The van der Waals surface area contributed by atoms with Gasteiger partial charge in [0.2, 0.25) is 5.96 Å². The van der Waals surface area contributed by atoms with Gasteiger partial charge in [-0.05, 0) is 83.8 Å². The van der Waals surface area contributed by atoms with Crippen molar-refractivity contribution in [2.45, 2.75) is 245 Å². The van der Waals surface area contributed by atoms with Crippen molar-refractivity contribution in [1.82, 2.24) is 21.2 Å². The zero-order valence-corrected chi connectivity index (χ0v) is 38.5. The zero-order valence-electron chi connectivity index (χ0n) is 38.5. The van der Waals surface area contributed by atoms with Crippen LogP contribution in [-0.4, -0.2) is 74.0 Å². The maximum atomic E-state index is 12.8. The predicted molar refractivity (Wildman–Crippen MR) is 243 cm³/mol. The van der Waals surface area contributed by atoms with Crippen molar-refractivity contribution in [3.05, 3.63) is 0 Å². The largest absolute Gasteiger partial charge is 0.466 e. The lowest BCUT2D eigenvalue weighted by molar-refractivity contribution is -0.298. The number of esters is 2. The Bertz CT molecular complexity index is 895. The third-order valence-corrected chi connectivity index (χ3v) is 11.2. The normalized spacial score (nSPS) is 11.8. The molecule has 0 fully saturated rings. The molecule has 0 heterocycles. The molecule has 0 radical (unpaired) electrons. The number of nitrogens with one attached hydrogen (secondary N) is 3. The summed E-state index contributed by atoms with van der Waals surface area (Å²) in [4.78, 5) is 35.5. The average Bonchev–Trinajstić information content (AvgIpc) is 3.22. The van der Waals surface area contributed by atoms with Gasteiger partial charge in [0.15, 0.2) is 0 Å². The van der Waals surface area contributed by atoms with Crippen LogP contribution in [0.2, 0.25) is 0 Å². The minimum absolute atomic E-state index is 0.00614. The molecule has 11 nitrogen and oxygen atoms in total. The van der Waals surface area contributed by atoms with E-state index in [1.54, 1.807) is 7.05 Å². The van der Waals surface area contributed by atoms with Crippen LogP contribution in [0.5, 0.6) is 0 Å². The number of hydrogen-bond donors (Lipinski definition) is 4. The number of rotatable bonds is 45. The fraction of sp³-hybridized carbons (Fsp3) is 0.936. The maximum absolute atomic E-state index is 12.8. The molecule has 0 amide bonds. The summed E-state index contributed by atoms with van der Waals surface area (Å²) in [7, 11) is 1.66. The fourth-order valence-corrected chi connectivity index (χ4v) is 7.49. The Labute approximate surface area is 357 Å². The molecule has 4 N–H and O–H groups in total. The molecule has 11 heteroatoms. The number of unbranched alkanes of at least 4 members (excludes halogenated alkanes) is 24. The number of carbonyl (C=O) groups is 2. The van der Waals surface area contributed by atoms with Crippen LogP contribution < -0.4 is 16.3 Å². The minimum Gasteiger partial charge on any atom is -0.466 e. The zero-order chi connectivity index (χ0) is 42.4. The first-order chi connectivity index (χ1) is 28.5. The summed E-state index contributed by atoms with van der Waals surface area (Å²) in [5.74, 6) is 0.465. The topological polar surface area (TPSA) is 134 Å². The molecule has 0 unspecified atom stereocenters. The standard InChI is InChI=1S/C47H95N5O6/c1-5-8-11-14-17-26-33-43-56-45(53)37-29-22-18-24-31-40-52(42-34-39-49-47(48-4)50-51-58-55)41-32-25-19-23-30-38-46(54)57-44(35-27-20-15-12-9-6-2)36-28-21-16-13-10-7-3/h44,51,55H,5-43H2,1-4H3,(H2,48,49,50). The van der Waals surface area contributed by atoms with Gasteiger partial charge in [-0.1, -0.05) is 168 Å². The Hall–Kier alpha value is -1.95. The highest BCUT2D eigenvalue weighted by Crippen LogP contribution is 2.18. The van der Waals surface area contributed by atoms with Crippen molar-refractivity contribution in [3.8, 4) is 0 Å². The summed E-state index contributed by atoms with van der Waals surface area (Å²) in [6, 6.07) is 0. The van der Waals surface area contributed by atoms with Gasteiger partial charge in [0, 0.05) is 26.4 Å². The molecule has 0 aromatic heterocycles. The molecule has 344 valence electrons. The van der Waals surface area contributed by atoms with E-state index < -0.39 is 0 Å². The average molecular weight is 826 g/mol. The van der Waals surface area contributed by atoms with E-state index in [1.165, 1.54) is 122 Å². The summed E-state index contributed by atoms with van der Waals surface area (Å²) < 4.78 is 11.5. The molecule has 0 aliphatic rings. The van der Waals surface area contributed by atoms with E-state index in [0.717, 1.165) is 110 Å². The Balaban J connectivity index is 4.46. The second-order valence-corrected chi connectivity index (χ2v) is 16.6. The molecule has 0 saturated carbocycles. The minimum atomic E-state index is -0.0388. The summed E-state index contributed by atoms with van der Waals surface area (Å²) >= 11 is 0. The third-order valence-electron chi connectivity index (χ3n) is 11.2. The molecule has 0 aliphatic carbocycles. The molecule has 0 aliphatic heterocycles. The maximum Gasteiger partial charge on any atom is 0.306 e. The predicted octanol–water partition coefficient (Wildman–Crippen LogP) is 12.1. The van der Waals surface area contributed by atoms with Crippen molar-refractivity contribution < 1.29 is 29.3 Å². The van der Waals surface area contributed by atoms with Gasteiger partial charge in [-0.3, -0.25) is 20.0 Å². The van der Waals surface area contributed by atoms with Crippen LogP contribution >= 0.6 is 0 Å². The Morgan fingerprint density at radius 2 is 0.983 bits per heavy atom. The van der Waals surface area contributed by atoms with Crippen LogP contribution in [0.1, 0.15) is 239 Å². The molecule has 58 heavy (non-hydrogen) atoms. The number of hydrazine groups is 1. The van der Waals surface area contributed by atoms with E-state index >= 15 is 0 Å². The van der Waals surface area contributed by atoms with E-state index in [4.69, 9.17) is 14.7 Å². The van der Waals surface area contributed by atoms with Gasteiger partial charge in [0.05, 0.1) is 6.61 Å². The first-order valence-corrected chi connectivity index (χ1v) is 24.6. The van der Waals surface area contributed by atoms with Crippen LogP contribution in [0.15, 0.2) is 4.99 Å². The molecular formula is C47H95N5O6. The van der Waals surface area contributed by atoms with Crippen LogP contribution in [0.4, 0.5) is 0 Å². The van der Waals surface area contributed by atoms with Crippen molar-refractivity contribution in [2.24, 2.45) is 4.99 Å². The van der Waals surface area contributed by atoms with Gasteiger partial charge in [-0.2, -0.15) is 0 Å². The second kappa shape index (κ2) is 46.1. The van der Waals surface area contributed by atoms with Crippen LogP contribution in [-0.2, 0) is 24.1 Å². The van der Waals surface area contributed by atoms with E-state index in [2.05, 4.69) is 52.0 Å². The van der Waals surface area contributed by atoms with Crippen LogP contribution in [0, 0.1) is 0 Å². The highest BCUT2D eigenvalue weighted by Gasteiger charge is 2.14.